The Balaban J connectivity index is 1.98. The zero-order valence-electron chi connectivity index (χ0n) is 15.9. The summed E-state index contributed by atoms with van der Waals surface area (Å²) in [5.41, 5.74) is 0.439. The van der Waals surface area contributed by atoms with E-state index in [9.17, 15) is 14.4 Å². The highest BCUT2D eigenvalue weighted by Gasteiger charge is 2.20. The molecule has 1 atom stereocenters. The number of amides is 1. The van der Waals surface area contributed by atoms with E-state index in [2.05, 4.69) is 9.97 Å². The van der Waals surface area contributed by atoms with Gasteiger partial charge in [0.1, 0.15) is 5.65 Å². The summed E-state index contributed by atoms with van der Waals surface area (Å²) < 4.78 is 1.41. The molecule has 0 spiro atoms. The molecule has 146 valence electrons. The zero-order valence-corrected chi connectivity index (χ0v) is 16.7. The van der Waals surface area contributed by atoms with Crippen molar-refractivity contribution < 1.29 is 4.79 Å². The van der Waals surface area contributed by atoms with Crippen LogP contribution in [0.1, 0.15) is 42.2 Å². The molecular formula is C20H21ClN4O3. The van der Waals surface area contributed by atoms with Crippen LogP contribution >= 0.6 is 11.6 Å². The van der Waals surface area contributed by atoms with Crippen LogP contribution in [0.25, 0.3) is 11.0 Å². The van der Waals surface area contributed by atoms with Crippen LogP contribution in [0.5, 0.6) is 0 Å². The molecule has 0 saturated heterocycles. The molecule has 0 bridgehead atoms. The van der Waals surface area contributed by atoms with Gasteiger partial charge in [0.2, 0.25) is 0 Å². The predicted octanol–water partition coefficient (Wildman–Crippen LogP) is 2.98. The van der Waals surface area contributed by atoms with Crippen LogP contribution in [-0.2, 0) is 6.54 Å². The summed E-state index contributed by atoms with van der Waals surface area (Å²) in [6, 6.07) is 8.56. The van der Waals surface area contributed by atoms with E-state index in [-0.39, 0.29) is 28.5 Å². The second-order valence-electron chi connectivity index (χ2n) is 6.65. The van der Waals surface area contributed by atoms with Crippen LogP contribution in [0.15, 0.2) is 46.1 Å². The molecule has 1 N–H and O–H groups in total. The first-order valence-corrected chi connectivity index (χ1v) is 9.36. The van der Waals surface area contributed by atoms with Crippen molar-refractivity contribution >= 4 is 28.5 Å². The van der Waals surface area contributed by atoms with Crippen LogP contribution < -0.4 is 11.2 Å². The first-order valence-electron chi connectivity index (χ1n) is 8.99. The van der Waals surface area contributed by atoms with Gasteiger partial charge in [-0.05, 0) is 37.1 Å². The molecule has 28 heavy (non-hydrogen) atoms. The monoisotopic (exact) mass is 400 g/mol. The fourth-order valence-electron chi connectivity index (χ4n) is 3.06. The van der Waals surface area contributed by atoms with Crippen LogP contribution in [0, 0.1) is 0 Å². The number of aromatic amines is 1. The minimum Gasteiger partial charge on any atom is -0.335 e. The Kier molecular flexibility index (Phi) is 5.65. The Bertz CT molecular complexity index is 1130. The number of rotatable bonds is 5. The quantitative estimate of drug-likeness (QED) is 0.713. The van der Waals surface area contributed by atoms with Crippen LogP contribution in [0.3, 0.4) is 0 Å². The Morgan fingerprint density at radius 2 is 1.96 bits per heavy atom. The third-order valence-electron chi connectivity index (χ3n) is 4.78. The van der Waals surface area contributed by atoms with E-state index in [0.717, 1.165) is 5.56 Å². The molecule has 3 rings (SSSR count). The fourth-order valence-corrected chi connectivity index (χ4v) is 3.19. The number of fused-ring (bicyclic) bond motifs is 1. The van der Waals surface area contributed by atoms with Gasteiger partial charge in [0.05, 0.1) is 17.0 Å². The van der Waals surface area contributed by atoms with Crippen LogP contribution in [0.2, 0.25) is 5.02 Å². The molecule has 3 aromatic rings. The molecule has 0 saturated carbocycles. The average Bonchev–Trinajstić information content (AvgIpc) is 2.69. The van der Waals surface area contributed by atoms with Gasteiger partial charge in [-0.3, -0.25) is 19.1 Å². The molecule has 1 aromatic carbocycles. The molecule has 2 aromatic heterocycles. The normalized spacial score (nSPS) is 12.1. The number of halogens is 1. The van der Waals surface area contributed by atoms with Crippen molar-refractivity contribution in [3.05, 3.63) is 73.5 Å². The van der Waals surface area contributed by atoms with E-state index in [0.29, 0.717) is 18.0 Å². The number of benzene rings is 1. The van der Waals surface area contributed by atoms with E-state index in [1.54, 1.807) is 24.1 Å². The van der Waals surface area contributed by atoms with Gasteiger partial charge in [-0.2, -0.15) is 0 Å². The minimum atomic E-state index is -0.553. The average molecular weight is 401 g/mol. The first-order chi connectivity index (χ1) is 13.3. The number of carbonyl (C=O) groups is 1. The molecule has 0 fully saturated rings. The lowest BCUT2D eigenvalue weighted by Gasteiger charge is -2.25. The molecular weight excluding hydrogens is 380 g/mol. The summed E-state index contributed by atoms with van der Waals surface area (Å²) in [6.45, 7) is 4.26. The highest BCUT2D eigenvalue weighted by atomic mass is 35.5. The number of hydrogen-bond acceptors (Lipinski definition) is 4. The number of pyridine rings is 1. The van der Waals surface area contributed by atoms with E-state index in [1.807, 2.05) is 26.0 Å². The summed E-state index contributed by atoms with van der Waals surface area (Å²) in [7, 11) is 1.69. The van der Waals surface area contributed by atoms with Gasteiger partial charge >= 0.3 is 5.69 Å². The smallest absolute Gasteiger partial charge is 0.329 e. The molecule has 1 amide bonds. The second kappa shape index (κ2) is 7.98. The second-order valence-corrected chi connectivity index (χ2v) is 7.09. The van der Waals surface area contributed by atoms with Crippen molar-refractivity contribution in [3.63, 3.8) is 0 Å². The maximum absolute atomic E-state index is 12.9. The fraction of sp³-hybridized carbons (Fsp3) is 0.300. The lowest BCUT2D eigenvalue weighted by molar-refractivity contribution is 0.0742. The number of hydrogen-bond donors (Lipinski definition) is 1. The summed E-state index contributed by atoms with van der Waals surface area (Å²) in [5, 5.41) is 0.840. The minimum absolute atomic E-state index is 0.201. The number of nitrogens with zero attached hydrogens (tertiary/aromatic N) is 3. The topological polar surface area (TPSA) is 88.1 Å². The van der Waals surface area contributed by atoms with Gasteiger partial charge in [0.25, 0.3) is 11.5 Å². The lowest BCUT2D eigenvalue weighted by atomic mass is 10.1. The molecule has 0 aliphatic carbocycles. The van der Waals surface area contributed by atoms with Crippen molar-refractivity contribution in [1.82, 2.24) is 19.4 Å². The maximum atomic E-state index is 12.9. The van der Waals surface area contributed by atoms with Gasteiger partial charge in [-0.15, -0.1) is 0 Å². The largest absolute Gasteiger partial charge is 0.335 e. The molecule has 0 aliphatic heterocycles. The van der Waals surface area contributed by atoms with Crippen LogP contribution in [-0.4, -0.2) is 32.4 Å². The Labute approximate surface area is 166 Å². The number of carbonyl (C=O) groups excluding carboxylic acids is 1. The number of aromatic nitrogens is 3. The molecule has 8 heteroatoms. The third kappa shape index (κ3) is 3.71. The van der Waals surface area contributed by atoms with E-state index < -0.39 is 11.2 Å². The molecule has 7 nitrogen and oxygen atoms in total. The van der Waals surface area contributed by atoms with Crippen LogP contribution in [0.4, 0.5) is 0 Å². The zero-order chi connectivity index (χ0) is 20.4. The van der Waals surface area contributed by atoms with Gasteiger partial charge < -0.3 is 4.90 Å². The van der Waals surface area contributed by atoms with Gasteiger partial charge in [0.15, 0.2) is 0 Å². The van der Waals surface area contributed by atoms with Crippen molar-refractivity contribution in [2.75, 3.05) is 7.05 Å². The highest BCUT2D eigenvalue weighted by molar-refractivity contribution is 6.30. The predicted molar refractivity (Wildman–Crippen MR) is 109 cm³/mol. The van der Waals surface area contributed by atoms with Gasteiger partial charge in [0, 0.05) is 24.8 Å². The first kappa shape index (κ1) is 19.8. The van der Waals surface area contributed by atoms with Gasteiger partial charge in [-0.1, -0.05) is 30.7 Å². The number of aryl methyl sites for hydroxylation is 1. The Morgan fingerprint density at radius 1 is 1.29 bits per heavy atom. The summed E-state index contributed by atoms with van der Waals surface area (Å²) >= 11 is 5.93. The standard InChI is InChI=1S/C20H21ClN4O3/c1-4-9-25-17-16(18(26)23-20(25)28)10-14(11-22-17)19(27)24(3)12(2)13-5-7-15(21)8-6-13/h5-8,10-12H,4,9H2,1-3H3,(H,23,26,28). The third-order valence-corrected chi connectivity index (χ3v) is 5.03. The van der Waals surface area contributed by atoms with Crippen molar-refractivity contribution in [3.8, 4) is 0 Å². The summed E-state index contributed by atoms with van der Waals surface area (Å²) in [4.78, 5) is 45.3. The Morgan fingerprint density at radius 3 is 2.61 bits per heavy atom. The maximum Gasteiger partial charge on any atom is 0.329 e. The van der Waals surface area contributed by atoms with Crippen molar-refractivity contribution in [2.24, 2.45) is 0 Å². The van der Waals surface area contributed by atoms with E-state index >= 15 is 0 Å². The molecule has 0 radical (unpaired) electrons. The summed E-state index contributed by atoms with van der Waals surface area (Å²) in [6.07, 6.45) is 2.12. The Hall–Kier alpha value is -2.93. The van der Waals surface area contributed by atoms with Crippen molar-refractivity contribution in [1.29, 1.82) is 0 Å². The lowest BCUT2D eigenvalue weighted by Crippen LogP contribution is -2.32. The molecule has 1 unspecified atom stereocenters. The molecule has 2 heterocycles. The number of H-pyrrole nitrogens is 1. The van der Waals surface area contributed by atoms with Crippen molar-refractivity contribution in [2.45, 2.75) is 32.9 Å². The highest BCUT2D eigenvalue weighted by Crippen LogP contribution is 2.22. The van der Waals surface area contributed by atoms with Gasteiger partial charge in [-0.25, -0.2) is 9.78 Å². The number of nitrogens with one attached hydrogen (secondary N) is 1. The SMILES string of the molecule is CCCn1c(=O)[nH]c(=O)c2cc(C(=O)N(C)C(C)c3ccc(Cl)cc3)cnc21. The van der Waals surface area contributed by atoms with E-state index in [4.69, 9.17) is 11.6 Å². The summed E-state index contributed by atoms with van der Waals surface area (Å²) in [5.74, 6) is -0.274. The molecule has 0 aliphatic rings. The van der Waals surface area contributed by atoms with E-state index in [1.165, 1.54) is 16.8 Å².